The highest BCUT2D eigenvalue weighted by Crippen LogP contribution is 2.38. The molecule has 366 valence electrons. The van der Waals surface area contributed by atoms with Crippen molar-refractivity contribution in [3.63, 3.8) is 0 Å². The number of hydrogen-bond donors (Lipinski definition) is 4. The van der Waals surface area contributed by atoms with Crippen LogP contribution in [-0.4, -0.2) is 82.0 Å². The summed E-state index contributed by atoms with van der Waals surface area (Å²) in [7, 11) is -4.24. The third-order valence-electron chi connectivity index (χ3n) is 10.5. The molecule has 2 aliphatic heterocycles. The van der Waals surface area contributed by atoms with Gasteiger partial charge in [-0.1, -0.05) is 51.1 Å². The maximum atomic E-state index is 13.5. The van der Waals surface area contributed by atoms with Gasteiger partial charge in [0.25, 0.3) is 20.4 Å². The number of rotatable bonds is 12. The zero-order valence-electron chi connectivity index (χ0n) is 35.5. The van der Waals surface area contributed by atoms with Crippen molar-refractivity contribution in [3.8, 4) is 20.9 Å². The number of carbonyl (C=O) groups excluding carboxylic acids is 2. The molecule has 2 aliphatic rings. The van der Waals surface area contributed by atoms with E-state index >= 15 is 0 Å². The third-order valence-corrected chi connectivity index (χ3v) is 16.8. The van der Waals surface area contributed by atoms with Crippen LogP contribution in [0, 0.1) is 11.6 Å². The molecule has 4 atom stereocenters. The van der Waals surface area contributed by atoms with E-state index in [1.54, 1.807) is 21.8 Å². The Balaban J connectivity index is 0.000000247. The van der Waals surface area contributed by atoms with Crippen LogP contribution in [0.3, 0.4) is 0 Å². The minimum Gasteiger partial charge on any atom is -0.325 e. The van der Waals surface area contributed by atoms with Crippen LogP contribution in [0.5, 0.6) is 0 Å². The number of benzene rings is 2. The maximum Gasteiger partial charge on any atom is 0.281 e. The largest absolute Gasteiger partial charge is 0.325 e. The Morgan fingerprint density at radius 2 is 1.18 bits per heavy atom. The Morgan fingerprint density at radius 1 is 0.750 bits per heavy atom. The minimum atomic E-state index is -3.98. The summed E-state index contributed by atoms with van der Waals surface area (Å²) in [6.45, 7) is 5.59. The summed E-state index contributed by atoms with van der Waals surface area (Å²) in [6, 6.07) is 12.0. The molecular weight excluding hydrogens is 1000 g/mol. The molecule has 6 aromatic rings. The van der Waals surface area contributed by atoms with Gasteiger partial charge in [0.2, 0.25) is 11.8 Å². The van der Waals surface area contributed by atoms with Gasteiger partial charge in [0.1, 0.15) is 23.7 Å². The second kappa shape index (κ2) is 22.7. The van der Waals surface area contributed by atoms with Gasteiger partial charge in [-0.3, -0.25) is 19.0 Å². The molecule has 4 N–H and O–H groups in total. The molecule has 0 aliphatic carbocycles. The Bertz CT molecular complexity index is 2980. The highest BCUT2D eigenvalue weighted by atomic mass is 35.5. The predicted molar refractivity (Wildman–Crippen MR) is 267 cm³/mol. The van der Waals surface area contributed by atoms with Gasteiger partial charge in [0, 0.05) is 81.6 Å². The molecule has 0 saturated carbocycles. The lowest BCUT2D eigenvalue weighted by Crippen LogP contribution is -2.57. The summed E-state index contributed by atoms with van der Waals surface area (Å²) >= 11 is 14.5. The molecule has 2 aromatic carbocycles. The van der Waals surface area contributed by atoms with Gasteiger partial charge in [0.15, 0.2) is 0 Å². The molecule has 68 heavy (non-hydrogen) atoms. The van der Waals surface area contributed by atoms with Gasteiger partial charge in [-0.15, -0.1) is 29.3 Å². The zero-order valence-corrected chi connectivity index (χ0v) is 40.3. The number of halogens is 4. The van der Waals surface area contributed by atoms with Crippen molar-refractivity contribution in [2.45, 2.75) is 65.2 Å². The van der Waals surface area contributed by atoms with E-state index in [0.717, 1.165) is 47.1 Å². The van der Waals surface area contributed by atoms with Gasteiger partial charge >= 0.3 is 0 Å². The molecular formula is C44H52Cl2F2N10O6S4. The first-order valence-electron chi connectivity index (χ1n) is 20.2. The van der Waals surface area contributed by atoms with Crippen molar-refractivity contribution in [1.82, 2.24) is 37.6 Å². The van der Waals surface area contributed by atoms with Gasteiger partial charge in [-0.2, -0.15) is 45.1 Å². The van der Waals surface area contributed by atoms with Crippen LogP contribution in [0.2, 0.25) is 10.0 Å². The molecule has 2 amide bonds. The average molecular weight is 1050 g/mol. The van der Waals surface area contributed by atoms with Crippen LogP contribution in [-0.2, 0) is 44.1 Å². The Kier molecular flexibility index (Phi) is 18.0. The molecule has 16 nitrogen and oxygen atoms in total. The summed E-state index contributed by atoms with van der Waals surface area (Å²) in [5.41, 5.74) is 2.42. The van der Waals surface area contributed by atoms with E-state index in [1.807, 2.05) is 57.7 Å². The zero-order chi connectivity index (χ0) is 47.5. The Morgan fingerprint density at radius 3 is 1.56 bits per heavy atom. The number of aromatic nitrogens is 4. The SMILES string of the molecule is C.C.C=CCN1C(C(=O)Nc2ccc(F)c(Cl)c2)CC(c2ccc(-c3cnn(C)c3)s2)NS1(=O)=O.CCCN1C(C(=O)Nc2ccc(F)c(Cl)c2)CC(c2ccc(-c3cnn(C)c3)s2)NS1(=O)=O. The molecule has 0 bridgehead atoms. The molecule has 8 rings (SSSR count). The lowest BCUT2D eigenvalue weighted by molar-refractivity contribution is -0.121. The first-order chi connectivity index (χ1) is 31.3. The normalized spacial score (nSPS) is 19.9. The summed E-state index contributed by atoms with van der Waals surface area (Å²) in [5, 5.41) is 13.4. The third kappa shape index (κ3) is 12.5. The fourth-order valence-corrected chi connectivity index (χ4v) is 13.2. The van der Waals surface area contributed by atoms with Crippen LogP contribution < -0.4 is 20.1 Å². The number of nitrogens with zero attached hydrogens (tertiary/aromatic N) is 6. The van der Waals surface area contributed by atoms with Crippen molar-refractivity contribution in [3.05, 3.63) is 130 Å². The van der Waals surface area contributed by atoms with E-state index in [-0.39, 0.29) is 56.5 Å². The first kappa shape index (κ1) is 54.1. The number of carbonyl (C=O) groups is 2. The van der Waals surface area contributed by atoms with Gasteiger partial charge in [0.05, 0.1) is 34.5 Å². The van der Waals surface area contributed by atoms with Crippen LogP contribution in [0.1, 0.15) is 62.9 Å². The Labute approximate surface area is 413 Å². The average Bonchev–Trinajstić information content (AvgIpc) is 4.10. The Hall–Kier alpha value is -4.88. The number of hydrogen-bond acceptors (Lipinski definition) is 10. The fraction of sp³-hybridized carbons (Fsp3) is 0.318. The number of anilines is 2. The first-order valence-corrected chi connectivity index (χ1v) is 25.5. The molecule has 0 radical (unpaired) electrons. The molecule has 24 heteroatoms. The molecule has 0 spiro atoms. The number of amides is 2. The highest BCUT2D eigenvalue weighted by molar-refractivity contribution is 7.87. The second-order valence-electron chi connectivity index (χ2n) is 15.3. The quantitative estimate of drug-likeness (QED) is 0.0873. The molecule has 4 aromatic heterocycles. The molecule has 2 saturated heterocycles. The summed E-state index contributed by atoms with van der Waals surface area (Å²) in [5.74, 6) is -2.26. The van der Waals surface area contributed by atoms with Gasteiger partial charge in [-0.05, 0) is 79.9 Å². The van der Waals surface area contributed by atoms with Crippen LogP contribution >= 0.6 is 45.9 Å². The van der Waals surface area contributed by atoms with Gasteiger partial charge in [-0.25, -0.2) is 8.78 Å². The predicted octanol–water partition coefficient (Wildman–Crippen LogP) is 8.93. The lowest BCUT2D eigenvalue weighted by atomic mass is 10.0. The standard InChI is InChI=1S/C21H23ClFN5O3S2.C21H21ClFN5O3S2.2CH4/c2*1-3-8-28-18(21(29)25-14-4-5-16(23)15(22)9-14)10-17(26-33(28,30)31)20-7-6-19(32-20)13-11-24-27(2)12-13;;/h4-7,9,11-12,17-18,26H,3,8,10H2,1-2H3,(H,25,29);3-7,9,11-12,17-18,26H,1,8,10H2,2H3,(H,25,29);2*1H4. The van der Waals surface area contributed by atoms with E-state index in [4.69, 9.17) is 23.2 Å². The summed E-state index contributed by atoms with van der Waals surface area (Å²) < 4.78 is 90.1. The summed E-state index contributed by atoms with van der Waals surface area (Å²) in [4.78, 5) is 29.7. The van der Waals surface area contributed by atoms with E-state index in [1.165, 1.54) is 57.3 Å². The second-order valence-corrected chi connectivity index (χ2v) is 21.6. The monoisotopic (exact) mass is 1050 g/mol. The topological polar surface area (TPSA) is 193 Å². The van der Waals surface area contributed by atoms with E-state index in [2.05, 4.69) is 36.9 Å². The molecule has 6 heterocycles. The van der Waals surface area contributed by atoms with Crippen molar-refractivity contribution in [2.75, 3.05) is 23.7 Å². The van der Waals surface area contributed by atoms with Crippen LogP contribution in [0.15, 0.2) is 98.1 Å². The maximum absolute atomic E-state index is 13.5. The number of nitrogens with one attached hydrogen (secondary N) is 4. The van der Waals surface area contributed by atoms with Crippen LogP contribution in [0.25, 0.3) is 20.9 Å². The van der Waals surface area contributed by atoms with E-state index in [0.29, 0.717) is 12.1 Å². The number of thiophene rings is 2. The molecule has 4 unspecified atom stereocenters. The molecule has 2 fully saturated rings. The minimum absolute atomic E-state index is 0. The van der Waals surface area contributed by atoms with Crippen molar-refractivity contribution < 1.29 is 35.2 Å². The lowest BCUT2D eigenvalue weighted by Gasteiger charge is -2.37. The van der Waals surface area contributed by atoms with E-state index in [9.17, 15) is 35.2 Å². The van der Waals surface area contributed by atoms with Gasteiger partial charge < -0.3 is 10.6 Å². The van der Waals surface area contributed by atoms with Crippen molar-refractivity contribution in [2.24, 2.45) is 14.1 Å². The highest BCUT2D eigenvalue weighted by Gasteiger charge is 2.44. The van der Waals surface area contributed by atoms with Crippen molar-refractivity contribution >= 4 is 89.5 Å². The van der Waals surface area contributed by atoms with Crippen LogP contribution in [0.4, 0.5) is 20.2 Å². The van der Waals surface area contributed by atoms with E-state index < -0.39 is 68.0 Å². The fourth-order valence-electron chi connectivity index (χ4n) is 7.37. The number of aryl methyl sites for hydroxylation is 2. The smallest absolute Gasteiger partial charge is 0.281 e. The summed E-state index contributed by atoms with van der Waals surface area (Å²) in [6.07, 6.45) is 9.63. The van der Waals surface area contributed by atoms with Crippen molar-refractivity contribution in [1.29, 1.82) is 0 Å².